The van der Waals surface area contributed by atoms with Crippen molar-refractivity contribution < 1.29 is 14.6 Å². The van der Waals surface area contributed by atoms with Gasteiger partial charge in [-0.15, -0.1) is 0 Å². The molecule has 1 heterocycles. The molecule has 0 aliphatic carbocycles. The van der Waals surface area contributed by atoms with Crippen LogP contribution in [-0.4, -0.2) is 31.8 Å². The van der Waals surface area contributed by atoms with E-state index in [0.29, 0.717) is 19.5 Å². The molecule has 10 nitrogen and oxygen atoms in total. The number of imidazole rings is 1. The van der Waals surface area contributed by atoms with Crippen LogP contribution in [0.3, 0.4) is 0 Å². The number of carbonyl (C=O) groups is 1. The molecule has 0 radical (unpaired) electrons. The molecule has 1 aromatic carbocycles. The van der Waals surface area contributed by atoms with Crippen molar-refractivity contribution in [3.8, 4) is 0 Å². The molecule has 1 aromatic heterocycles. The van der Waals surface area contributed by atoms with Crippen LogP contribution in [0.5, 0.6) is 0 Å². The summed E-state index contributed by atoms with van der Waals surface area (Å²) in [5.41, 5.74) is -1.23. The van der Waals surface area contributed by atoms with Gasteiger partial charge in [-0.3, -0.25) is 25.0 Å². The predicted molar refractivity (Wildman–Crippen MR) is 78.9 cm³/mol. The first kappa shape index (κ1) is 16.1. The number of rotatable bonds is 7. The maximum atomic E-state index is 12.0. The molecule has 2 aromatic rings. The zero-order valence-electron chi connectivity index (χ0n) is 11.9. The molecule has 120 valence electrons. The lowest BCUT2D eigenvalue weighted by Crippen LogP contribution is -2.26. The second-order valence-electron chi connectivity index (χ2n) is 4.63. The van der Waals surface area contributed by atoms with E-state index in [4.69, 9.17) is 0 Å². The molecule has 2 rings (SSSR count). The molecular formula is C13H13N5O5. The number of carbonyl (C=O) groups excluding carboxylic acids is 1. The number of nitro groups is 2. The molecule has 0 bridgehead atoms. The van der Waals surface area contributed by atoms with Gasteiger partial charge in [0.25, 0.3) is 17.3 Å². The van der Waals surface area contributed by atoms with Gasteiger partial charge in [-0.1, -0.05) is 0 Å². The minimum Gasteiger partial charge on any atom is -0.352 e. The number of benzene rings is 1. The van der Waals surface area contributed by atoms with Crippen LogP contribution in [0.25, 0.3) is 0 Å². The minimum atomic E-state index is -0.812. The molecule has 0 saturated carbocycles. The zero-order valence-corrected chi connectivity index (χ0v) is 11.9. The molecular weight excluding hydrogens is 306 g/mol. The quantitative estimate of drug-likeness (QED) is 0.467. The standard InChI is InChI=1S/C13H13N5O5/c19-13(15-4-1-6-16-7-5-14-9-16)11-3-2-10(17(20)21)8-12(11)18(22)23/h2-3,5,7-9H,1,4,6H2,(H,15,19). The molecule has 0 aliphatic heterocycles. The van der Waals surface area contributed by atoms with Crippen LogP contribution in [0.4, 0.5) is 11.4 Å². The molecule has 0 saturated heterocycles. The summed E-state index contributed by atoms with van der Waals surface area (Å²) in [6.45, 7) is 0.952. The molecule has 23 heavy (non-hydrogen) atoms. The average molecular weight is 319 g/mol. The first-order valence-corrected chi connectivity index (χ1v) is 6.66. The van der Waals surface area contributed by atoms with Gasteiger partial charge >= 0.3 is 0 Å². The monoisotopic (exact) mass is 319 g/mol. The highest BCUT2D eigenvalue weighted by Crippen LogP contribution is 2.24. The van der Waals surface area contributed by atoms with Gasteiger partial charge in [-0.05, 0) is 12.5 Å². The van der Waals surface area contributed by atoms with Crippen molar-refractivity contribution in [2.75, 3.05) is 6.54 Å². The van der Waals surface area contributed by atoms with Crippen LogP contribution in [0, 0.1) is 20.2 Å². The Balaban J connectivity index is 2.00. The fraction of sp³-hybridized carbons (Fsp3) is 0.231. The van der Waals surface area contributed by atoms with Crippen molar-refractivity contribution in [1.29, 1.82) is 0 Å². The Kier molecular flexibility index (Phi) is 4.97. The van der Waals surface area contributed by atoms with Crippen LogP contribution in [-0.2, 0) is 6.54 Å². The van der Waals surface area contributed by atoms with Crippen LogP contribution >= 0.6 is 0 Å². The number of nitro benzene ring substituents is 2. The molecule has 0 aliphatic rings. The molecule has 0 fully saturated rings. The highest BCUT2D eigenvalue weighted by Gasteiger charge is 2.23. The molecule has 0 unspecified atom stereocenters. The fourth-order valence-corrected chi connectivity index (χ4v) is 1.95. The topological polar surface area (TPSA) is 133 Å². The zero-order chi connectivity index (χ0) is 16.8. The molecule has 0 spiro atoms. The Hall–Kier alpha value is -3.30. The number of aromatic nitrogens is 2. The van der Waals surface area contributed by atoms with Gasteiger partial charge < -0.3 is 9.88 Å². The minimum absolute atomic E-state index is 0.205. The van der Waals surface area contributed by atoms with Crippen molar-refractivity contribution in [1.82, 2.24) is 14.9 Å². The van der Waals surface area contributed by atoms with Crippen molar-refractivity contribution >= 4 is 17.3 Å². The molecule has 1 amide bonds. The highest BCUT2D eigenvalue weighted by atomic mass is 16.6. The Bertz CT molecular complexity index is 728. The van der Waals surface area contributed by atoms with E-state index in [2.05, 4.69) is 10.3 Å². The molecule has 10 heteroatoms. The summed E-state index contributed by atoms with van der Waals surface area (Å²) >= 11 is 0. The highest BCUT2D eigenvalue weighted by molar-refractivity contribution is 5.98. The maximum absolute atomic E-state index is 12.0. The Morgan fingerprint density at radius 2 is 2.04 bits per heavy atom. The van der Waals surface area contributed by atoms with E-state index in [9.17, 15) is 25.0 Å². The van der Waals surface area contributed by atoms with Gasteiger partial charge in [0.2, 0.25) is 0 Å². The first-order valence-electron chi connectivity index (χ1n) is 6.66. The smallest absolute Gasteiger partial charge is 0.289 e. The van der Waals surface area contributed by atoms with Crippen LogP contribution in [0.2, 0.25) is 0 Å². The fourth-order valence-electron chi connectivity index (χ4n) is 1.95. The summed E-state index contributed by atoms with van der Waals surface area (Å²) in [5, 5.41) is 24.2. The Labute approximate surface area is 130 Å². The number of non-ortho nitro benzene ring substituents is 1. The third kappa shape index (κ3) is 4.09. The Morgan fingerprint density at radius 1 is 1.26 bits per heavy atom. The van der Waals surface area contributed by atoms with E-state index in [1.54, 1.807) is 18.7 Å². The van der Waals surface area contributed by atoms with E-state index in [-0.39, 0.29) is 5.56 Å². The second kappa shape index (κ2) is 7.11. The van der Waals surface area contributed by atoms with Gasteiger partial charge in [0.1, 0.15) is 5.56 Å². The average Bonchev–Trinajstić information content (AvgIpc) is 3.04. The normalized spacial score (nSPS) is 10.3. The summed E-state index contributed by atoms with van der Waals surface area (Å²) in [5.74, 6) is -0.641. The van der Waals surface area contributed by atoms with E-state index in [1.807, 2.05) is 4.57 Å². The Morgan fingerprint density at radius 3 is 2.65 bits per heavy atom. The van der Waals surface area contributed by atoms with Crippen LogP contribution in [0.15, 0.2) is 36.9 Å². The van der Waals surface area contributed by atoms with Gasteiger partial charge in [0, 0.05) is 31.5 Å². The molecule has 0 atom stereocenters. The maximum Gasteiger partial charge on any atom is 0.289 e. The van der Waals surface area contributed by atoms with Gasteiger partial charge in [-0.25, -0.2) is 4.98 Å². The van der Waals surface area contributed by atoms with Gasteiger partial charge in [-0.2, -0.15) is 0 Å². The first-order chi connectivity index (χ1) is 11.0. The third-order valence-corrected chi connectivity index (χ3v) is 3.07. The lowest BCUT2D eigenvalue weighted by atomic mass is 10.1. The summed E-state index contributed by atoms with van der Waals surface area (Å²) in [7, 11) is 0. The lowest BCUT2D eigenvalue weighted by Gasteiger charge is -2.06. The number of nitrogens with zero attached hydrogens (tertiary/aromatic N) is 4. The largest absolute Gasteiger partial charge is 0.352 e. The van der Waals surface area contributed by atoms with E-state index in [0.717, 1.165) is 18.2 Å². The van der Waals surface area contributed by atoms with Gasteiger partial charge in [0.05, 0.1) is 22.2 Å². The van der Waals surface area contributed by atoms with Gasteiger partial charge in [0.15, 0.2) is 0 Å². The number of hydrogen-bond acceptors (Lipinski definition) is 6. The van der Waals surface area contributed by atoms with E-state index >= 15 is 0 Å². The number of hydrogen-bond donors (Lipinski definition) is 1. The second-order valence-corrected chi connectivity index (χ2v) is 4.63. The summed E-state index contributed by atoms with van der Waals surface area (Å²) in [6.07, 6.45) is 5.67. The van der Waals surface area contributed by atoms with Crippen LogP contribution in [0.1, 0.15) is 16.8 Å². The third-order valence-electron chi connectivity index (χ3n) is 3.07. The summed E-state index contributed by atoms with van der Waals surface area (Å²) < 4.78 is 1.83. The predicted octanol–water partition coefficient (Wildman–Crippen LogP) is 1.52. The van der Waals surface area contributed by atoms with E-state index < -0.39 is 27.1 Å². The van der Waals surface area contributed by atoms with Crippen molar-refractivity contribution in [2.24, 2.45) is 0 Å². The molecule has 1 N–H and O–H groups in total. The van der Waals surface area contributed by atoms with E-state index in [1.165, 1.54) is 0 Å². The van der Waals surface area contributed by atoms with Crippen molar-refractivity contribution in [3.05, 3.63) is 62.7 Å². The SMILES string of the molecule is O=C(NCCCn1ccnc1)c1ccc([N+](=O)[O-])cc1[N+](=O)[O-]. The summed E-state index contributed by atoms with van der Waals surface area (Å²) in [4.78, 5) is 36.0. The number of nitrogens with one attached hydrogen (secondary N) is 1. The lowest BCUT2D eigenvalue weighted by molar-refractivity contribution is -0.394. The summed E-state index contributed by atoms with van der Waals surface area (Å²) in [6, 6.07) is 2.93. The van der Waals surface area contributed by atoms with Crippen molar-refractivity contribution in [2.45, 2.75) is 13.0 Å². The van der Waals surface area contributed by atoms with Crippen molar-refractivity contribution in [3.63, 3.8) is 0 Å². The van der Waals surface area contributed by atoms with Crippen LogP contribution < -0.4 is 5.32 Å². The number of amides is 1. The number of aryl methyl sites for hydroxylation is 1.